The van der Waals surface area contributed by atoms with Crippen LogP contribution in [0.1, 0.15) is 36.1 Å². The number of carbonyl (C=O) groups excluding carboxylic acids is 2. The van der Waals surface area contributed by atoms with Crippen molar-refractivity contribution >= 4 is 22.7 Å². The van der Waals surface area contributed by atoms with Gasteiger partial charge in [-0.3, -0.25) is 9.59 Å². The number of hydrogen-bond donors (Lipinski definition) is 1. The first-order chi connectivity index (χ1) is 12.5. The van der Waals surface area contributed by atoms with Crippen molar-refractivity contribution in [2.45, 2.75) is 26.4 Å². The van der Waals surface area contributed by atoms with Crippen LogP contribution in [-0.4, -0.2) is 28.4 Å². The largest absolute Gasteiger partial charge is 0.497 e. The van der Waals surface area contributed by atoms with E-state index in [0.717, 1.165) is 11.0 Å². The summed E-state index contributed by atoms with van der Waals surface area (Å²) in [7, 11) is 1.58. The highest BCUT2D eigenvalue weighted by molar-refractivity contribution is 5.94. The van der Waals surface area contributed by atoms with Gasteiger partial charge in [0.25, 0.3) is 5.91 Å². The number of ether oxygens (including phenoxy) is 1. The Labute approximate surface area is 151 Å². The molecular weight excluding hydrogens is 330 g/mol. The van der Waals surface area contributed by atoms with Gasteiger partial charge in [-0.15, -0.1) is 0 Å². The van der Waals surface area contributed by atoms with Crippen molar-refractivity contribution in [2.75, 3.05) is 7.11 Å². The first-order valence-electron chi connectivity index (χ1n) is 8.40. The molecular formula is C20H21N3O3. The van der Waals surface area contributed by atoms with Gasteiger partial charge in [0.2, 0.25) is 0 Å². The van der Waals surface area contributed by atoms with Crippen LogP contribution in [0.2, 0.25) is 0 Å². The van der Waals surface area contributed by atoms with Crippen LogP contribution in [0.25, 0.3) is 11.0 Å². The standard InChI is InChI=1S/C20H21N3O3/c1-13(14(2)24)23-18-7-5-4-6-17(18)22-19(23)12-21-20(25)15-8-10-16(26-3)11-9-15/h4-11,13H,12H2,1-3H3,(H,21,25). The van der Waals surface area contributed by atoms with E-state index in [-0.39, 0.29) is 24.3 Å². The Kier molecular flexibility index (Phi) is 5.02. The third kappa shape index (κ3) is 3.44. The number of para-hydroxylation sites is 2. The predicted molar refractivity (Wildman–Crippen MR) is 99.3 cm³/mol. The van der Waals surface area contributed by atoms with E-state index in [4.69, 9.17) is 4.74 Å². The Balaban J connectivity index is 1.84. The quantitative estimate of drug-likeness (QED) is 0.740. The summed E-state index contributed by atoms with van der Waals surface area (Å²) in [6.45, 7) is 3.63. The van der Waals surface area contributed by atoms with Gasteiger partial charge >= 0.3 is 0 Å². The lowest BCUT2D eigenvalue weighted by molar-refractivity contribution is -0.119. The van der Waals surface area contributed by atoms with E-state index in [2.05, 4.69) is 10.3 Å². The number of methoxy groups -OCH3 is 1. The molecule has 6 heteroatoms. The van der Waals surface area contributed by atoms with E-state index in [1.165, 1.54) is 0 Å². The predicted octanol–water partition coefficient (Wildman–Crippen LogP) is 3.12. The summed E-state index contributed by atoms with van der Waals surface area (Å²) in [6.07, 6.45) is 0. The smallest absolute Gasteiger partial charge is 0.251 e. The maximum absolute atomic E-state index is 12.4. The van der Waals surface area contributed by atoms with Crippen molar-refractivity contribution < 1.29 is 14.3 Å². The van der Waals surface area contributed by atoms with Gasteiger partial charge in [0.1, 0.15) is 11.6 Å². The van der Waals surface area contributed by atoms with Crippen molar-refractivity contribution in [3.05, 3.63) is 59.9 Å². The molecule has 0 spiro atoms. The second kappa shape index (κ2) is 7.39. The fourth-order valence-corrected chi connectivity index (χ4v) is 2.84. The second-order valence-electron chi connectivity index (χ2n) is 6.08. The number of nitrogens with zero attached hydrogens (tertiary/aromatic N) is 2. The van der Waals surface area contributed by atoms with Crippen molar-refractivity contribution in [2.24, 2.45) is 0 Å². The Hall–Kier alpha value is -3.15. The number of fused-ring (bicyclic) bond motifs is 1. The molecule has 1 amide bonds. The number of aromatic nitrogens is 2. The van der Waals surface area contributed by atoms with Crippen LogP contribution < -0.4 is 10.1 Å². The fraction of sp³-hybridized carbons (Fsp3) is 0.250. The Morgan fingerprint density at radius 1 is 1.15 bits per heavy atom. The van der Waals surface area contributed by atoms with E-state index in [0.29, 0.717) is 17.1 Å². The van der Waals surface area contributed by atoms with Crippen LogP contribution in [-0.2, 0) is 11.3 Å². The van der Waals surface area contributed by atoms with Crippen LogP contribution in [0.15, 0.2) is 48.5 Å². The SMILES string of the molecule is COc1ccc(C(=O)NCc2nc3ccccc3n2C(C)C(C)=O)cc1. The minimum absolute atomic E-state index is 0.0379. The Bertz CT molecular complexity index is 945. The zero-order chi connectivity index (χ0) is 18.7. The zero-order valence-corrected chi connectivity index (χ0v) is 15.0. The molecule has 0 aliphatic carbocycles. The summed E-state index contributed by atoms with van der Waals surface area (Å²) in [4.78, 5) is 28.9. The summed E-state index contributed by atoms with van der Waals surface area (Å²) >= 11 is 0. The maximum Gasteiger partial charge on any atom is 0.251 e. The molecule has 1 unspecified atom stereocenters. The Morgan fingerprint density at radius 3 is 2.50 bits per heavy atom. The van der Waals surface area contributed by atoms with Crippen molar-refractivity contribution in [3.63, 3.8) is 0 Å². The topological polar surface area (TPSA) is 73.2 Å². The van der Waals surface area contributed by atoms with E-state index in [9.17, 15) is 9.59 Å². The average molecular weight is 351 g/mol. The van der Waals surface area contributed by atoms with E-state index in [1.807, 2.05) is 35.8 Å². The molecule has 2 aromatic carbocycles. The molecule has 0 saturated heterocycles. The third-order valence-electron chi connectivity index (χ3n) is 4.40. The highest BCUT2D eigenvalue weighted by Crippen LogP contribution is 2.22. The first-order valence-corrected chi connectivity index (χ1v) is 8.40. The number of amides is 1. The molecule has 0 aliphatic heterocycles. The Morgan fingerprint density at radius 2 is 1.85 bits per heavy atom. The second-order valence-corrected chi connectivity index (χ2v) is 6.08. The normalized spacial score (nSPS) is 12.0. The number of imidazole rings is 1. The number of ketones is 1. The highest BCUT2D eigenvalue weighted by Gasteiger charge is 2.19. The van der Waals surface area contributed by atoms with Gasteiger partial charge in [0.05, 0.1) is 30.7 Å². The summed E-state index contributed by atoms with van der Waals surface area (Å²) in [5.74, 6) is 1.17. The van der Waals surface area contributed by atoms with E-state index >= 15 is 0 Å². The van der Waals surface area contributed by atoms with Crippen LogP contribution in [0.3, 0.4) is 0 Å². The lowest BCUT2D eigenvalue weighted by atomic mass is 10.2. The molecule has 1 atom stereocenters. The van der Waals surface area contributed by atoms with Gasteiger partial charge in [0, 0.05) is 5.56 Å². The van der Waals surface area contributed by atoms with Crippen LogP contribution in [0, 0.1) is 0 Å². The number of Topliss-reactive ketones (excluding diaryl/α,β-unsaturated/α-hetero) is 1. The highest BCUT2D eigenvalue weighted by atomic mass is 16.5. The molecule has 3 aromatic rings. The summed E-state index contributed by atoms with van der Waals surface area (Å²) in [5.41, 5.74) is 2.21. The molecule has 0 fully saturated rings. The molecule has 6 nitrogen and oxygen atoms in total. The monoisotopic (exact) mass is 351 g/mol. The van der Waals surface area contributed by atoms with Crippen molar-refractivity contribution in [3.8, 4) is 5.75 Å². The first kappa shape index (κ1) is 17.7. The van der Waals surface area contributed by atoms with Gasteiger partial charge < -0.3 is 14.6 Å². The molecule has 1 N–H and O–H groups in total. The van der Waals surface area contributed by atoms with Crippen molar-refractivity contribution in [1.29, 1.82) is 0 Å². The summed E-state index contributed by atoms with van der Waals surface area (Å²) in [6, 6.07) is 14.2. The number of benzene rings is 2. The summed E-state index contributed by atoms with van der Waals surface area (Å²) in [5, 5.41) is 2.87. The average Bonchev–Trinajstić information content (AvgIpc) is 3.03. The van der Waals surface area contributed by atoms with E-state index < -0.39 is 0 Å². The van der Waals surface area contributed by atoms with Gasteiger partial charge in [-0.2, -0.15) is 0 Å². The fourth-order valence-electron chi connectivity index (χ4n) is 2.84. The van der Waals surface area contributed by atoms with Crippen LogP contribution in [0.4, 0.5) is 0 Å². The van der Waals surface area contributed by atoms with Crippen LogP contribution in [0.5, 0.6) is 5.75 Å². The minimum atomic E-state index is -0.352. The molecule has 1 heterocycles. The zero-order valence-electron chi connectivity index (χ0n) is 15.0. The van der Waals surface area contributed by atoms with E-state index in [1.54, 1.807) is 38.3 Å². The van der Waals surface area contributed by atoms with Crippen molar-refractivity contribution in [1.82, 2.24) is 14.9 Å². The minimum Gasteiger partial charge on any atom is -0.497 e. The molecule has 1 aromatic heterocycles. The molecule has 0 saturated carbocycles. The number of rotatable bonds is 6. The number of hydrogen-bond acceptors (Lipinski definition) is 4. The molecule has 3 rings (SSSR count). The third-order valence-corrected chi connectivity index (χ3v) is 4.40. The van der Waals surface area contributed by atoms with Gasteiger partial charge in [0.15, 0.2) is 5.78 Å². The van der Waals surface area contributed by atoms with Crippen LogP contribution >= 0.6 is 0 Å². The number of carbonyl (C=O) groups is 2. The molecule has 0 bridgehead atoms. The lowest BCUT2D eigenvalue weighted by Crippen LogP contribution is -2.26. The number of nitrogens with one attached hydrogen (secondary N) is 1. The molecule has 0 radical (unpaired) electrons. The molecule has 26 heavy (non-hydrogen) atoms. The lowest BCUT2D eigenvalue weighted by Gasteiger charge is -2.15. The van der Waals surface area contributed by atoms with Gasteiger partial charge in [-0.1, -0.05) is 12.1 Å². The van der Waals surface area contributed by atoms with Gasteiger partial charge in [-0.25, -0.2) is 4.98 Å². The van der Waals surface area contributed by atoms with Gasteiger partial charge in [-0.05, 0) is 50.2 Å². The maximum atomic E-state index is 12.4. The molecule has 134 valence electrons. The summed E-state index contributed by atoms with van der Waals surface area (Å²) < 4.78 is 6.98. The molecule has 0 aliphatic rings.